The van der Waals surface area contributed by atoms with Gasteiger partial charge in [0, 0.05) is 12.3 Å². The fourth-order valence-corrected chi connectivity index (χ4v) is 4.71. The van der Waals surface area contributed by atoms with Crippen LogP contribution in [0.4, 0.5) is 0 Å². The van der Waals surface area contributed by atoms with E-state index < -0.39 is 0 Å². The van der Waals surface area contributed by atoms with E-state index in [-0.39, 0.29) is 35.5 Å². The Morgan fingerprint density at radius 2 is 2.10 bits per heavy atom. The number of allylic oxidation sites excluding steroid dienone is 2. The second kappa shape index (κ2) is 5.48. The van der Waals surface area contributed by atoms with Crippen molar-refractivity contribution in [2.24, 2.45) is 23.7 Å². The van der Waals surface area contributed by atoms with E-state index in [0.717, 1.165) is 12.2 Å². The molecule has 4 nitrogen and oxygen atoms in total. The van der Waals surface area contributed by atoms with Gasteiger partial charge in [0.1, 0.15) is 4.32 Å². The smallest absolute Gasteiger partial charge is 0.310 e. The van der Waals surface area contributed by atoms with Gasteiger partial charge in [-0.3, -0.25) is 14.5 Å². The summed E-state index contributed by atoms with van der Waals surface area (Å²) in [4.78, 5) is 26.6. The molecule has 4 atom stereocenters. The summed E-state index contributed by atoms with van der Waals surface area (Å²) < 4.78 is 5.81. The molecule has 108 valence electrons. The zero-order chi connectivity index (χ0) is 14.3. The van der Waals surface area contributed by atoms with Gasteiger partial charge in [-0.05, 0) is 25.2 Å². The normalized spacial score (nSPS) is 34.9. The first-order valence-electron chi connectivity index (χ1n) is 6.96. The zero-order valence-electron chi connectivity index (χ0n) is 11.3. The van der Waals surface area contributed by atoms with E-state index in [1.807, 2.05) is 0 Å². The first-order valence-corrected chi connectivity index (χ1v) is 8.36. The van der Waals surface area contributed by atoms with Gasteiger partial charge >= 0.3 is 5.97 Å². The molecule has 1 saturated heterocycles. The van der Waals surface area contributed by atoms with Gasteiger partial charge in [-0.25, -0.2) is 0 Å². The zero-order valence-corrected chi connectivity index (χ0v) is 12.9. The summed E-state index contributed by atoms with van der Waals surface area (Å²) in [5.74, 6) is 0.319. The molecular formula is C14H17NO3S2. The van der Waals surface area contributed by atoms with Crippen LogP contribution in [0, 0.1) is 23.7 Å². The van der Waals surface area contributed by atoms with Crippen molar-refractivity contribution in [3.63, 3.8) is 0 Å². The topological polar surface area (TPSA) is 46.6 Å². The highest BCUT2D eigenvalue weighted by atomic mass is 32.2. The Bertz CT molecular complexity index is 491. The van der Waals surface area contributed by atoms with Crippen LogP contribution in [0.5, 0.6) is 0 Å². The highest BCUT2D eigenvalue weighted by Gasteiger charge is 2.53. The Kier molecular flexibility index (Phi) is 3.86. The molecular weight excluding hydrogens is 294 g/mol. The molecule has 0 aromatic heterocycles. The van der Waals surface area contributed by atoms with Crippen LogP contribution < -0.4 is 0 Å². The average Bonchev–Trinajstić information content (AvgIpc) is 3.12. The number of esters is 1. The molecule has 2 aliphatic carbocycles. The van der Waals surface area contributed by atoms with Crippen LogP contribution in [-0.4, -0.2) is 40.0 Å². The Hall–Kier alpha value is -0.880. The molecule has 2 bridgehead atoms. The molecule has 1 amide bonds. The minimum Gasteiger partial charge on any atom is -0.466 e. The van der Waals surface area contributed by atoms with Gasteiger partial charge in [0.05, 0.1) is 18.4 Å². The van der Waals surface area contributed by atoms with E-state index in [1.165, 1.54) is 11.8 Å². The second-order valence-corrected chi connectivity index (χ2v) is 7.08. The van der Waals surface area contributed by atoms with Crippen molar-refractivity contribution in [2.75, 3.05) is 18.9 Å². The van der Waals surface area contributed by atoms with Gasteiger partial charge in [-0.2, -0.15) is 0 Å². The van der Waals surface area contributed by atoms with Gasteiger partial charge in [-0.1, -0.05) is 36.1 Å². The predicted molar refractivity (Wildman–Crippen MR) is 81.1 cm³/mol. The number of thiocarbonyl (C=S) groups is 1. The lowest BCUT2D eigenvalue weighted by Gasteiger charge is -2.28. The molecule has 1 saturated carbocycles. The van der Waals surface area contributed by atoms with Crippen molar-refractivity contribution in [1.82, 2.24) is 4.90 Å². The summed E-state index contributed by atoms with van der Waals surface area (Å²) in [6.07, 6.45) is 5.02. The molecule has 1 aliphatic heterocycles. The van der Waals surface area contributed by atoms with Crippen molar-refractivity contribution in [1.29, 1.82) is 0 Å². The SMILES string of the molecule is CCOC(=O)[C@H]1[C@H](C(=O)N2CCSC2=S)[C@@H]2C=C[C@H]1C2. The second-order valence-electron chi connectivity index (χ2n) is 5.36. The number of thioether (sulfide) groups is 1. The van der Waals surface area contributed by atoms with Crippen molar-refractivity contribution in [2.45, 2.75) is 13.3 Å². The Morgan fingerprint density at radius 1 is 1.40 bits per heavy atom. The number of hydrogen-bond donors (Lipinski definition) is 0. The van der Waals surface area contributed by atoms with Crippen LogP contribution in [0.3, 0.4) is 0 Å². The molecule has 0 unspecified atom stereocenters. The summed E-state index contributed by atoms with van der Waals surface area (Å²) in [6.45, 7) is 2.81. The molecule has 6 heteroatoms. The Labute approximate surface area is 127 Å². The molecule has 20 heavy (non-hydrogen) atoms. The fourth-order valence-electron chi connectivity index (χ4n) is 3.49. The minimum absolute atomic E-state index is 0.00917. The molecule has 0 aromatic carbocycles. The number of rotatable bonds is 3. The summed E-state index contributed by atoms with van der Waals surface area (Å²) in [5, 5.41) is 0. The maximum atomic E-state index is 12.8. The van der Waals surface area contributed by atoms with E-state index in [4.69, 9.17) is 17.0 Å². The molecule has 0 N–H and O–H groups in total. The predicted octanol–water partition coefficient (Wildman–Crippen LogP) is 1.85. The number of fused-ring (bicyclic) bond motifs is 2. The van der Waals surface area contributed by atoms with Crippen molar-refractivity contribution in [3.8, 4) is 0 Å². The number of carbonyl (C=O) groups is 2. The lowest BCUT2D eigenvalue weighted by Crippen LogP contribution is -2.43. The van der Waals surface area contributed by atoms with Gasteiger partial charge in [0.25, 0.3) is 0 Å². The maximum Gasteiger partial charge on any atom is 0.310 e. The molecule has 2 fully saturated rings. The number of amides is 1. The molecule has 3 rings (SSSR count). The third kappa shape index (κ3) is 2.19. The average molecular weight is 311 g/mol. The monoisotopic (exact) mass is 311 g/mol. The van der Waals surface area contributed by atoms with Crippen molar-refractivity contribution < 1.29 is 14.3 Å². The summed E-state index contributed by atoms with van der Waals surface area (Å²) in [6, 6.07) is 0. The lowest BCUT2D eigenvalue weighted by molar-refractivity contribution is -0.154. The standard InChI is InChI=1S/C14H17NO3S2/c1-2-18-13(17)11-9-4-3-8(7-9)10(11)12(16)15-5-6-20-14(15)19/h3-4,8-11H,2,5-7H2,1H3/t8-,9+,10-,11-/m1/s1. The van der Waals surface area contributed by atoms with Gasteiger partial charge in [0.2, 0.25) is 5.91 Å². The van der Waals surface area contributed by atoms with Crippen molar-refractivity contribution in [3.05, 3.63) is 12.2 Å². The van der Waals surface area contributed by atoms with Gasteiger partial charge in [0.15, 0.2) is 0 Å². The van der Waals surface area contributed by atoms with Crippen LogP contribution in [-0.2, 0) is 14.3 Å². The highest BCUT2D eigenvalue weighted by Crippen LogP contribution is 2.49. The van der Waals surface area contributed by atoms with Gasteiger partial charge < -0.3 is 4.74 Å². The molecule has 0 aromatic rings. The van der Waals surface area contributed by atoms with E-state index in [9.17, 15) is 9.59 Å². The van der Waals surface area contributed by atoms with E-state index in [0.29, 0.717) is 17.5 Å². The molecule has 0 radical (unpaired) electrons. The summed E-state index contributed by atoms with van der Waals surface area (Å²) >= 11 is 6.76. The third-order valence-electron chi connectivity index (χ3n) is 4.33. The number of ether oxygens (including phenoxy) is 1. The molecule has 0 spiro atoms. The molecule has 3 aliphatic rings. The van der Waals surface area contributed by atoms with Crippen LogP contribution in [0.25, 0.3) is 0 Å². The van der Waals surface area contributed by atoms with Crippen LogP contribution in [0.2, 0.25) is 0 Å². The third-order valence-corrected chi connectivity index (χ3v) is 5.76. The Morgan fingerprint density at radius 3 is 2.70 bits per heavy atom. The first-order chi connectivity index (χ1) is 9.63. The largest absolute Gasteiger partial charge is 0.466 e. The van der Waals surface area contributed by atoms with Crippen molar-refractivity contribution >= 4 is 40.2 Å². The minimum atomic E-state index is -0.328. The van der Waals surface area contributed by atoms with Gasteiger partial charge in [-0.15, -0.1) is 0 Å². The lowest BCUT2D eigenvalue weighted by atomic mass is 9.82. The van der Waals surface area contributed by atoms with E-state index in [1.54, 1.807) is 11.8 Å². The van der Waals surface area contributed by atoms with E-state index >= 15 is 0 Å². The van der Waals surface area contributed by atoms with Crippen LogP contribution >= 0.6 is 24.0 Å². The van der Waals surface area contributed by atoms with Crippen LogP contribution in [0.15, 0.2) is 12.2 Å². The Balaban J connectivity index is 1.83. The summed E-state index contributed by atoms with van der Waals surface area (Å²) in [5.41, 5.74) is 0. The number of hydrogen-bond acceptors (Lipinski definition) is 5. The maximum absolute atomic E-state index is 12.8. The highest BCUT2D eigenvalue weighted by molar-refractivity contribution is 8.23. The first kappa shape index (κ1) is 14.1. The fraction of sp³-hybridized carbons (Fsp3) is 0.643. The molecule has 1 heterocycles. The van der Waals surface area contributed by atoms with Crippen LogP contribution in [0.1, 0.15) is 13.3 Å². The number of nitrogens with zero attached hydrogens (tertiary/aromatic N) is 1. The quantitative estimate of drug-likeness (QED) is 0.452. The summed E-state index contributed by atoms with van der Waals surface area (Å²) in [7, 11) is 0. The number of carbonyl (C=O) groups excluding carboxylic acids is 2. The van der Waals surface area contributed by atoms with E-state index in [2.05, 4.69) is 12.2 Å².